The van der Waals surface area contributed by atoms with Gasteiger partial charge in [0.2, 0.25) is 0 Å². The molecule has 35 heavy (non-hydrogen) atoms. The Balaban J connectivity index is 1.27. The second kappa shape index (κ2) is 12.5. The number of hydrogen-bond acceptors (Lipinski definition) is 6. The molecule has 0 unspecified atom stereocenters. The average molecular weight is 477 g/mol. The molecule has 0 atom stereocenters. The van der Waals surface area contributed by atoms with Crippen LogP contribution in [0, 0.1) is 0 Å². The lowest BCUT2D eigenvalue weighted by molar-refractivity contribution is 0.111. The van der Waals surface area contributed by atoms with Gasteiger partial charge in [0, 0.05) is 57.8 Å². The molecule has 3 aromatic carbocycles. The number of para-hydroxylation sites is 1. The van der Waals surface area contributed by atoms with Crippen molar-refractivity contribution in [2.75, 3.05) is 60.7 Å². The third kappa shape index (κ3) is 6.68. The highest BCUT2D eigenvalue weighted by molar-refractivity contribution is 5.50. The van der Waals surface area contributed by atoms with Crippen LogP contribution in [0.1, 0.15) is 16.7 Å². The molecule has 1 heterocycles. The molecule has 0 amide bonds. The molecular formula is C29H36N2O4. The van der Waals surface area contributed by atoms with Crippen LogP contribution in [0.25, 0.3) is 0 Å². The van der Waals surface area contributed by atoms with Crippen LogP contribution < -0.4 is 18.9 Å². The first-order valence-corrected chi connectivity index (χ1v) is 12.2. The second-order valence-corrected chi connectivity index (χ2v) is 8.75. The Kier molecular flexibility index (Phi) is 8.87. The lowest BCUT2D eigenvalue weighted by Crippen LogP contribution is -2.47. The standard InChI is InChI=1S/C29H36N2O4/c1-32-25-20-28(33-2)26(29(21-25)34-3)22-31-15-13-30(14-16-31)17-18-35-27-12-8-7-11-24(27)19-23-9-5-4-6-10-23/h4-12,20-21H,13-19,22H2,1-3H3. The van der Waals surface area contributed by atoms with E-state index in [0.717, 1.165) is 74.3 Å². The molecule has 1 saturated heterocycles. The Hall–Kier alpha value is -3.22. The van der Waals surface area contributed by atoms with Gasteiger partial charge < -0.3 is 18.9 Å². The van der Waals surface area contributed by atoms with Crippen LogP contribution in [0.5, 0.6) is 23.0 Å². The highest BCUT2D eigenvalue weighted by atomic mass is 16.5. The van der Waals surface area contributed by atoms with Crippen molar-refractivity contribution >= 4 is 0 Å². The second-order valence-electron chi connectivity index (χ2n) is 8.75. The van der Waals surface area contributed by atoms with Crippen LogP contribution in [0.2, 0.25) is 0 Å². The monoisotopic (exact) mass is 476 g/mol. The molecule has 186 valence electrons. The fourth-order valence-electron chi connectivity index (χ4n) is 4.52. The highest BCUT2D eigenvalue weighted by Crippen LogP contribution is 2.35. The zero-order valence-electron chi connectivity index (χ0n) is 21.0. The maximum absolute atomic E-state index is 6.22. The van der Waals surface area contributed by atoms with Gasteiger partial charge in [0.05, 0.1) is 26.9 Å². The molecule has 0 N–H and O–H groups in total. The van der Waals surface area contributed by atoms with Crippen LogP contribution in [0.3, 0.4) is 0 Å². The molecule has 0 bridgehead atoms. The Morgan fingerprint density at radius 3 is 1.97 bits per heavy atom. The van der Waals surface area contributed by atoms with E-state index in [1.54, 1.807) is 21.3 Å². The molecule has 1 aliphatic heterocycles. The summed E-state index contributed by atoms with van der Waals surface area (Å²) in [7, 11) is 5.03. The van der Waals surface area contributed by atoms with Gasteiger partial charge in [-0.2, -0.15) is 0 Å². The molecule has 0 radical (unpaired) electrons. The number of ether oxygens (including phenoxy) is 4. The third-order valence-electron chi connectivity index (χ3n) is 6.54. The van der Waals surface area contributed by atoms with Crippen LogP contribution in [0.15, 0.2) is 66.7 Å². The van der Waals surface area contributed by atoms with Crippen molar-refractivity contribution in [3.63, 3.8) is 0 Å². The fraction of sp³-hybridized carbons (Fsp3) is 0.379. The summed E-state index contributed by atoms with van der Waals surface area (Å²) in [4.78, 5) is 4.91. The predicted molar refractivity (Wildman–Crippen MR) is 139 cm³/mol. The van der Waals surface area contributed by atoms with Gasteiger partial charge in [-0.25, -0.2) is 0 Å². The van der Waals surface area contributed by atoms with Crippen LogP contribution in [-0.4, -0.2) is 70.5 Å². The van der Waals surface area contributed by atoms with E-state index >= 15 is 0 Å². The number of methoxy groups -OCH3 is 3. The van der Waals surface area contributed by atoms with E-state index in [9.17, 15) is 0 Å². The lowest BCUT2D eigenvalue weighted by Gasteiger charge is -2.35. The number of piperazine rings is 1. The summed E-state index contributed by atoms with van der Waals surface area (Å²) in [5.41, 5.74) is 3.58. The number of hydrogen-bond donors (Lipinski definition) is 0. The lowest BCUT2D eigenvalue weighted by atomic mass is 10.0. The van der Waals surface area contributed by atoms with Crippen molar-refractivity contribution in [1.29, 1.82) is 0 Å². The summed E-state index contributed by atoms with van der Waals surface area (Å²) in [5, 5.41) is 0. The van der Waals surface area contributed by atoms with E-state index in [1.165, 1.54) is 11.1 Å². The number of benzene rings is 3. The topological polar surface area (TPSA) is 43.4 Å². The van der Waals surface area contributed by atoms with Gasteiger partial charge in [0.25, 0.3) is 0 Å². The Morgan fingerprint density at radius 1 is 0.686 bits per heavy atom. The molecule has 3 aromatic rings. The Labute approximate surface area is 209 Å². The van der Waals surface area contributed by atoms with Crippen LogP contribution in [0.4, 0.5) is 0 Å². The maximum atomic E-state index is 6.22. The maximum Gasteiger partial charge on any atom is 0.130 e. The van der Waals surface area contributed by atoms with Crippen molar-refractivity contribution in [1.82, 2.24) is 9.80 Å². The normalized spacial score (nSPS) is 14.5. The fourth-order valence-corrected chi connectivity index (χ4v) is 4.52. The summed E-state index contributed by atoms with van der Waals surface area (Å²) in [6.45, 7) is 6.39. The molecular weight excluding hydrogens is 440 g/mol. The zero-order valence-corrected chi connectivity index (χ0v) is 21.0. The molecule has 0 spiro atoms. The van der Waals surface area contributed by atoms with Crippen molar-refractivity contribution in [2.45, 2.75) is 13.0 Å². The van der Waals surface area contributed by atoms with Crippen molar-refractivity contribution < 1.29 is 18.9 Å². The quantitative estimate of drug-likeness (QED) is 0.406. The number of rotatable bonds is 11. The summed E-state index contributed by atoms with van der Waals surface area (Å²) in [6, 6.07) is 22.7. The van der Waals surface area contributed by atoms with E-state index in [1.807, 2.05) is 18.2 Å². The van der Waals surface area contributed by atoms with Gasteiger partial charge in [-0.1, -0.05) is 48.5 Å². The minimum atomic E-state index is 0.686. The molecule has 1 aliphatic rings. The molecule has 0 aromatic heterocycles. The zero-order chi connectivity index (χ0) is 24.5. The molecule has 6 heteroatoms. The van der Waals surface area contributed by atoms with E-state index in [-0.39, 0.29) is 0 Å². The van der Waals surface area contributed by atoms with Crippen LogP contribution in [-0.2, 0) is 13.0 Å². The van der Waals surface area contributed by atoms with Crippen LogP contribution >= 0.6 is 0 Å². The molecule has 6 nitrogen and oxygen atoms in total. The largest absolute Gasteiger partial charge is 0.496 e. The molecule has 0 aliphatic carbocycles. The minimum absolute atomic E-state index is 0.686. The molecule has 1 fully saturated rings. The third-order valence-corrected chi connectivity index (χ3v) is 6.54. The molecule has 0 saturated carbocycles. The molecule has 4 rings (SSSR count). The van der Waals surface area contributed by atoms with Gasteiger partial charge in [-0.05, 0) is 17.2 Å². The van der Waals surface area contributed by atoms with Crippen molar-refractivity contribution in [2.24, 2.45) is 0 Å². The van der Waals surface area contributed by atoms with Gasteiger partial charge in [0.15, 0.2) is 0 Å². The Morgan fingerprint density at radius 2 is 1.31 bits per heavy atom. The first kappa shape index (κ1) is 24.9. The summed E-state index contributed by atoms with van der Waals surface area (Å²) in [5.74, 6) is 3.31. The Bertz CT molecular complexity index is 1040. The van der Waals surface area contributed by atoms with Gasteiger partial charge in [-0.15, -0.1) is 0 Å². The van der Waals surface area contributed by atoms with E-state index in [2.05, 4.69) is 58.3 Å². The first-order chi connectivity index (χ1) is 17.2. The van der Waals surface area contributed by atoms with Gasteiger partial charge in [-0.3, -0.25) is 9.80 Å². The highest BCUT2D eigenvalue weighted by Gasteiger charge is 2.21. The van der Waals surface area contributed by atoms with E-state index in [4.69, 9.17) is 18.9 Å². The summed E-state index contributed by atoms with van der Waals surface area (Å²) < 4.78 is 22.8. The average Bonchev–Trinajstić information content (AvgIpc) is 2.91. The minimum Gasteiger partial charge on any atom is -0.496 e. The smallest absolute Gasteiger partial charge is 0.130 e. The SMILES string of the molecule is COc1cc(OC)c(CN2CCN(CCOc3ccccc3Cc3ccccc3)CC2)c(OC)c1. The first-order valence-electron chi connectivity index (χ1n) is 12.2. The van der Waals surface area contributed by atoms with Crippen molar-refractivity contribution in [3.8, 4) is 23.0 Å². The van der Waals surface area contributed by atoms with Crippen molar-refractivity contribution in [3.05, 3.63) is 83.4 Å². The summed E-state index contributed by atoms with van der Waals surface area (Å²) >= 11 is 0. The number of nitrogens with zero attached hydrogens (tertiary/aromatic N) is 2. The van der Waals surface area contributed by atoms with Gasteiger partial charge in [0.1, 0.15) is 29.6 Å². The predicted octanol–water partition coefficient (Wildman–Crippen LogP) is 4.50. The van der Waals surface area contributed by atoms with E-state index < -0.39 is 0 Å². The summed E-state index contributed by atoms with van der Waals surface area (Å²) in [6.07, 6.45) is 0.883. The van der Waals surface area contributed by atoms with E-state index in [0.29, 0.717) is 6.61 Å². The van der Waals surface area contributed by atoms with Gasteiger partial charge >= 0.3 is 0 Å².